The van der Waals surface area contributed by atoms with Crippen molar-refractivity contribution >= 4 is 15.7 Å². The minimum Gasteiger partial charge on any atom is -0.382 e. The fourth-order valence-electron chi connectivity index (χ4n) is 1.60. The Morgan fingerprint density at radius 2 is 2.38 bits per heavy atom. The largest absolute Gasteiger partial charge is 0.382 e. The Morgan fingerprint density at radius 3 is 2.85 bits per heavy atom. The number of hydrogen-bond acceptors (Lipinski definition) is 4. The van der Waals surface area contributed by atoms with Gasteiger partial charge in [0.05, 0.1) is 11.5 Å². The lowest BCUT2D eigenvalue weighted by atomic mass is 10.1. The highest BCUT2D eigenvalue weighted by atomic mass is 32.2. The molecule has 1 unspecified atom stereocenters. The molecule has 1 atom stereocenters. The average molecular weight is 201 g/mol. The average Bonchev–Trinajstić information content (AvgIpc) is 2.56. The lowest BCUT2D eigenvalue weighted by molar-refractivity contribution is 0.601. The van der Waals surface area contributed by atoms with E-state index in [4.69, 9.17) is 5.73 Å². The summed E-state index contributed by atoms with van der Waals surface area (Å²) < 4.78 is 22.3. The number of nitrogens with zero attached hydrogens (tertiary/aromatic N) is 1. The zero-order valence-electron chi connectivity index (χ0n) is 7.03. The van der Waals surface area contributed by atoms with Gasteiger partial charge in [-0.1, -0.05) is 0 Å². The normalized spacial score (nSPS) is 26.3. The number of aromatic nitrogens is 2. The van der Waals surface area contributed by atoms with Crippen LogP contribution in [0.5, 0.6) is 0 Å². The van der Waals surface area contributed by atoms with E-state index in [9.17, 15) is 8.42 Å². The Hall–Kier alpha value is -1.04. The van der Waals surface area contributed by atoms with Gasteiger partial charge in [-0.05, 0) is 6.42 Å². The van der Waals surface area contributed by atoms with Crippen molar-refractivity contribution in [1.82, 2.24) is 10.2 Å². The molecule has 1 aromatic heterocycles. The molecule has 0 radical (unpaired) electrons. The number of sulfone groups is 1. The van der Waals surface area contributed by atoms with Gasteiger partial charge in [0.15, 0.2) is 9.84 Å². The lowest BCUT2D eigenvalue weighted by Gasteiger charge is -2.01. The van der Waals surface area contributed by atoms with Crippen molar-refractivity contribution in [2.24, 2.45) is 0 Å². The number of hydrogen-bond donors (Lipinski definition) is 2. The molecule has 1 saturated heterocycles. The predicted molar refractivity (Wildman–Crippen MR) is 49.0 cm³/mol. The number of nitrogen functional groups attached to an aromatic ring is 1. The molecule has 0 amide bonds. The number of anilines is 1. The first-order valence-electron chi connectivity index (χ1n) is 4.08. The third kappa shape index (κ3) is 1.67. The first-order chi connectivity index (χ1) is 6.07. The molecule has 0 spiro atoms. The van der Waals surface area contributed by atoms with Crippen LogP contribution >= 0.6 is 0 Å². The lowest BCUT2D eigenvalue weighted by Crippen LogP contribution is -2.03. The van der Waals surface area contributed by atoms with Crippen molar-refractivity contribution in [3.05, 3.63) is 11.8 Å². The monoisotopic (exact) mass is 201 g/mol. The van der Waals surface area contributed by atoms with Gasteiger partial charge in [-0.15, -0.1) is 0 Å². The van der Waals surface area contributed by atoms with E-state index in [-0.39, 0.29) is 17.4 Å². The summed E-state index contributed by atoms with van der Waals surface area (Å²) in [7, 11) is -2.82. The highest BCUT2D eigenvalue weighted by Crippen LogP contribution is 2.27. The van der Waals surface area contributed by atoms with Crippen LogP contribution in [-0.2, 0) is 9.84 Å². The number of H-pyrrole nitrogens is 1. The van der Waals surface area contributed by atoms with Gasteiger partial charge in [0.25, 0.3) is 0 Å². The molecule has 13 heavy (non-hydrogen) atoms. The van der Waals surface area contributed by atoms with E-state index in [1.165, 1.54) is 0 Å². The molecule has 1 aliphatic rings. The van der Waals surface area contributed by atoms with Crippen LogP contribution in [0.2, 0.25) is 0 Å². The maximum absolute atomic E-state index is 11.2. The van der Waals surface area contributed by atoms with Crippen molar-refractivity contribution in [3.8, 4) is 0 Å². The van der Waals surface area contributed by atoms with Crippen LogP contribution in [0.1, 0.15) is 18.0 Å². The number of rotatable bonds is 1. The van der Waals surface area contributed by atoms with E-state index in [1.54, 1.807) is 6.07 Å². The summed E-state index contributed by atoms with van der Waals surface area (Å²) in [5, 5.41) is 6.51. The van der Waals surface area contributed by atoms with Crippen LogP contribution in [0, 0.1) is 0 Å². The summed E-state index contributed by atoms with van der Waals surface area (Å²) >= 11 is 0. The third-order valence-electron chi connectivity index (χ3n) is 2.29. The number of nitrogens with two attached hydrogens (primary N) is 1. The second-order valence-corrected chi connectivity index (χ2v) is 5.58. The highest BCUT2D eigenvalue weighted by molar-refractivity contribution is 7.91. The maximum Gasteiger partial charge on any atom is 0.151 e. The van der Waals surface area contributed by atoms with Gasteiger partial charge >= 0.3 is 0 Å². The first-order valence-corrected chi connectivity index (χ1v) is 5.90. The minimum absolute atomic E-state index is 0.0507. The standard InChI is InChI=1S/C7H11N3O2S/c8-7-3-6(9-10-7)5-1-2-13(11,12)4-5/h3,5H,1-2,4H2,(H3,8,9,10). The third-order valence-corrected chi connectivity index (χ3v) is 4.06. The van der Waals surface area contributed by atoms with Gasteiger partial charge in [0, 0.05) is 17.7 Å². The van der Waals surface area contributed by atoms with E-state index in [0.29, 0.717) is 12.2 Å². The van der Waals surface area contributed by atoms with E-state index in [0.717, 1.165) is 5.69 Å². The maximum atomic E-state index is 11.2. The SMILES string of the molecule is Nc1cc(C2CCS(=O)(=O)C2)[nH]n1. The van der Waals surface area contributed by atoms with Crippen molar-refractivity contribution in [2.75, 3.05) is 17.2 Å². The predicted octanol–water partition coefficient (Wildman–Crippen LogP) is -0.106. The molecule has 3 N–H and O–H groups in total. The Bertz CT molecular complexity index is 409. The Labute approximate surface area is 76.2 Å². The summed E-state index contributed by atoms with van der Waals surface area (Å²) in [5.41, 5.74) is 6.25. The van der Waals surface area contributed by atoms with E-state index in [1.807, 2.05) is 0 Å². The smallest absolute Gasteiger partial charge is 0.151 e. The first kappa shape index (κ1) is 8.55. The van der Waals surface area contributed by atoms with Crippen molar-refractivity contribution < 1.29 is 8.42 Å². The quantitative estimate of drug-likeness (QED) is 0.663. The van der Waals surface area contributed by atoms with E-state index < -0.39 is 9.84 Å². The molecule has 0 saturated carbocycles. The Balaban J connectivity index is 2.21. The van der Waals surface area contributed by atoms with Crippen molar-refractivity contribution in [1.29, 1.82) is 0 Å². The summed E-state index contributed by atoms with van der Waals surface area (Å²) in [5.74, 6) is 0.958. The molecule has 0 aromatic carbocycles. The van der Waals surface area contributed by atoms with Crippen LogP contribution in [0.3, 0.4) is 0 Å². The van der Waals surface area contributed by atoms with Crippen LogP contribution < -0.4 is 5.73 Å². The zero-order valence-corrected chi connectivity index (χ0v) is 7.84. The van der Waals surface area contributed by atoms with Crippen LogP contribution in [-0.4, -0.2) is 30.1 Å². The van der Waals surface area contributed by atoms with Gasteiger partial charge < -0.3 is 5.73 Å². The summed E-state index contributed by atoms with van der Waals surface area (Å²) in [6.45, 7) is 0. The Kier molecular flexibility index (Phi) is 1.80. The van der Waals surface area contributed by atoms with Crippen LogP contribution in [0.25, 0.3) is 0 Å². The molecule has 0 bridgehead atoms. The topological polar surface area (TPSA) is 88.8 Å². The second-order valence-electron chi connectivity index (χ2n) is 3.35. The van der Waals surface area contributed by atoms with Crippen molar-refractivity contribution in [2.45, 2.75) is 12.3 Å². The number of aromatic amines is 1. The molecule has 1 aliphatic heterocycles. The summed E-state index contributed by atoms with van der Waals surface area (Å²) in [6.07, 6.45) is 0.671. The van der Waals surface area contributed by atoms with Gasteiger partial charge in [-0.25, -0.2) is 8.42 Å². The molecule has 72 valence electrons. The van der Waals surface area contributed by atoms with Gasteiger partial charge in [-0.2, -0.15) is 5.10 Å². The summed E-state index contributed by atoms with van der Waals surface area (Å²) in [4.78, 5) is 0. The molecular formula is C7H11N3O2S. The fraction of sp³-hybridized carbons (Fsp3) is 0.571. The fourth-order valence-corrected chi connectivity index (χ4v) is 3.37. The van der Waals surface area contributed by atoms with Crippen LogP contribution in [0.4, 0.5) is 5.82 Å². The molecule has 0 aliphatic carbocycles. The van der Waals surface area contributed by atoms with Crippen molar-refractivity contribution in [3.63, 3.8) is 0 Å². The van der Waals surface area contributed by atoms with E-state index in [2.05, 4.69) is 10.2 Å². The van der Waals surface area contributed by atoms with Crippen LogP contribution in [0.15, 0.2) is 6.07 Å². The number of nitrogens with one attached hydrogen (secondary N) is 1. The highest BCUT2D eigenvalue weighted by Gasteiger charge is 2.29. The molecule has 2 rings (SSSR count). The Morgan fingerprint density at radius 1 is 1.62 bits per heavy atom. The summed E-state index contributed by atoms with van der Waals surface area (Å²) in [6, 6.07) is 1.70. The molecule has 1 fully saturated rings. The zero-order chi connectivity index (χ0) is 9.47. The van der Waals surface area contributed by atoms with Gasteiger partial charge in [0.1, 0.15) is 5.82 Å². The minimum atomic E-state index is -2.82. The second kappa shape index (κ2) is 2.73. The van der Waals surface area contributed by atoms with E-state index >= 15 is 0 Å². The van der Waals surface area contributed by atoms with Gasteiger partial charge in [0.2, 0.25) is 0 Å². The molecule has 2 heterocycles. The molecule has 5 nitrogen and oxygen atoms in total. The molecular weight excluding hydrogens is 190 g/mol. The molecule has 6 heteroatoms. The molecule has 1 aromatic rings. The van der Waals surface area contributed by atoms with Gasteiger partial charge in [-0.3, -0.25) is 5.10 Å².